The minimum atomic E-state index is 0.457. The van der Waals surface area contributed by atoms with Crippen LogP contribution in [0.2, 0.25) is 0 Å². The van der Waals surface area contributed by atoms with Gasteiger partial charge in [-0.2, -0.15) is 0 Å². The number of ether oxygens (including phenoxy) is 1. The molecule has 5 nitrogen and oxygen atoms in total. The first kappa shape index (κ1) is 12.8. The second-order valence-corrected chi connectivity index (χ2v) is 5.28. The van der Waals surface area contributed by atoms with Crippen LogP contribution in [-0.2, 0) is 4.74 Å². The van der Waals surface area contributed by atoms with Crippen molar-refractivity contribution in [2.24, 2.45) is 0 Å². The van der Waals surface area contributed by atoms with Gasteiger partial charge in [-0.3, -0.25) is 0 Å². The smallest absolute Gasteiger partial charge is 0.132 e. The maximum atomic E-state index is 5.44. The molecule has 2 aliphatic heterocycles. The van der Waals surface area contributed by atoms with Crippen LogP contribution in [0, 0.1) is 0 Å². The fraction of sp³-hybridized carbons (Fsp3) is 0.714. The molecule has 1 aromatic heterocycles. The number of rotatable bonds is 3. The predicted molar refractivity (Wildman–Crippen MR) is 74.5 cm³/mol. The fourth-order valence-corrected chi connectivity index (χ4v) is 2.82. The van der Waals surface area contributed by atoms with Gasteiger partial charge in [0.15, 0.2) is 0 Å². The van der Waals surface area contributed by atoms with Crippen LogP contribution in [0.1, 0.15) is 25.0 Å². The summed E-state index contributed by atoms with van der Waals surface area (Å²) in [6.07, 6.45) is 2.79. The van der Waals surface area contributed by atoms with Crippen LogP contribution in [0.15, 0.2) is 12.4 Å². The van der Waals surface area contributed by atoms with Crippen LogP contribution in [0.3, 0.4) is 0 Å². The topological polar surface area (TPSA) is 41.5 Å². The molecular formula is C14H22N4O. The quantitative estimate of drug-likeness (QED) is 0.816. The normalized spacial score (nSPS) is 24.9. The number of piperazine rings is 1. The van der Waals surface area contributed by atoms with Crippen molar-refractivity contribution in [3.63, 3.8) is 0 Å². The molecular weight excluding hydrogens is 240 g/mol. The van der Waals surface area contributed by atoms with Crippen molar-refractivity contribution in [2.45, 2.75) is 19.3 Å². The molecule has 0 radical (unpaired) electrons. The SMILES string of the molecule is CCN1CCN(c2cc(C3CCOC3)ncn2)CC1. The van der Waals surface area contributed by atoms with Crippen LogP contribution >= 0.6 is 0 Å². The van der Waals surface area contributed by atoms with E-state index in [1.807, 2.05) is 0 Å². The largest absolute Gasteiger partial charge is 0.381 e. The van der Waals surface area contributed by atoms with Crippen molar-refractivity contribution in [2.75, 3.05) is 50.8 Å². The molecule has 3 rings (SSSR count). The molecule has 0 amide bonds. The molecule has 0 saturated carbocycles. The number of hydrogen-bond donors (Lipinski definition) is 0. The van der Waals surface area contributed by atoms with E-state index in [9.17, 15) is 0 Å². The third-order valence-electron chi connectivity index (χ3n) is 4.17. The third-order valence-corrected chi connectivity index (χ3v) is 4.17. The van der Waals surface area contributed by atoms with Gasteiger partial charge in [-0.05, 0) is 13.0 Å². The summed E-state index contributed by atoms with van der Waals surface area (Å²) >= 11 is 0. The standard InChI is InChI=1S/C14H22N4O/c1-2-17-4-6-18(7-5-17)14-9-13(15-11-16-14)12-3-8-19-10-12/h9,11-12H,2-8,10H2,1H3. The maximum Gasteiger partial charge on any atom is 0.132 e. The number of nitrogens with zero attached hydrogens (tertiary/aromatic N) is 4. The summed E-state index contributed by atoms with van der Waals surface area (Å²) in [5.41, 5.74) is 1.14. The minimum Gasteiger partial charge on any atom is -0.381 e. The lowest BCUT2D eigenvalue weighted by atomic mass is 10.0. The highest BCUT2D eigenvalue weighted by molar-refractivity contribution is 5.40. The lowest BCUT2D eigenvalue weighted by molar-refractivity contribution is 0.193. The van der Waals surface area contributed by atoms with Crippen LogP contribution in [0.5, 0.6) is 0 Å². The zero-order valence-corrected chi connectivity index (χ0v) is 11.6. The molecule has 0 aliphatic carbocycles. The molecule has 0 spiro atoms. The maximum absolute atomic E-state index is 5.44. The summed E-state index contributed by atoms with van der Waals surface area (Å²) in [4.78, 5) is 13.7. The Morgan fingerprint density at radius 2 is 2.11 bits per heavy atom. The van der Waals surface area contributed by atoms with Gasteiger partial charge in [0.1, 0.15) is 12.1 Å². The van der Waals surface area contributed by atoms with Gasteiger partial charge >= 0.3 is 0 Å². The number of aromatic nitrogens is 2. The van der Waals surface area contributed by atoms with Gasteiger partial charge in [-0.1, -0.05) is 6.92 Å². The van der Waals surface area contributed by atoms with Crippen molar-refractivity contribution in [3.8, 4) is 0 Å². The van der Waals surface area contributed by atoms with E-state index in [0.29, 0.717) is 5.92 Å². The monoisotopic (exact) mass is 262 g/mol. The molecule has 0 bridgehead atoms. The predicted octanol–water partition coefficient (Wildman–Crippen LogP) is 1.12. The van der Waals surface area contributed by atoms with Crippen molar-refractivity contribution in [3.05, 3.63) is 18.1 Å². The average molecular weight is 262 g/mol. The molecule has 3 heterocycles. The van der Waals surface area contributed by atoms with E-state index in [4.69, 9.17) is 4.74 Å². The van der Waals surface area contributed by atoms with Crippen LogP contribution in [-0.4, -0.2) is 60.8 Å². The van der Waals surface area contributed by atoms with Gasteiger partial charge in [0, 0.05) is 44.8 Å². The summed E-state index contributed by atoms with van der Waals surface area (Å²) in [5, 5.41) is 0. The third kappa shape index (κ3) is 2.87. The first-order chi connectivity index (χ1) is 9.36. The van der Waals surface area contributed by atoms with E-state index in [-0.39, 0.29) is 0 Å². The molecule has 0 aromatic carbocycles. The Hall–Kier alpha value is -1.20. The van der Waals surface area contributed by atoms with Crippen molar-refractivity contribution in [1.82, 2.24) is 14.9 Å². The van der Waals surface area contributed by atoms with E-state index < -0.39 is 0 Å². The molecule has 2 saturated heterocycles. The molecule has 0 N–H and O–H groups in total. The van der Waals surface area contributed by atoms with Gasteiger partial charge in [0.05, 0.1) is 12.3 Å². The van der Waals surface area contributed by atoms with Gasteiger partial charge in [-0.15, -0.1) is 0 Å². The van der Waals surface area contributed by atoms with Crippen molar-refractivity contribution in [1.29, 1.82) is 0 Å². The number of anilines is 1. The highest BCUT2D eigenvalue weighted by Crippen LogP contribution is 2.25. The summed E-state index contributed by atoms with van der Waals surface area (Å²) < 4.78 is 5.44. The Labute approximate surface area is 114 Å². The molecule has 5 heteroatoms. The lowest BCUT2D eigenvalue weighted by Gasteiger charge is -2.34. The van der Waals surface area contributed by atoms with Crippen molar-refractivity contribution < 1.29 is 4.74 Å². The Bertz CT molecular complexity index is 412. The molecule has 19 heavy (non-hydrogen) atoms. The first-order valence-electron chi connectivity index (χ1n) is 7.24. The Balaban J connectivity index is 1.69. The Kier molecular flexibility index (Phi) is 3.94. The van der Waals surface area contributed by atoms with Gasteiger partial charge in [0.25, 0.3) is 0 Å². The summed E-state index contributed by atoms with van der Waals surface area (Å²) in [7, 11) is 0. The summed E-state index contributed by atoms with van der Waals surface area (Å²) in [6, 6.07) is 2.15. The first-order valence-corrected chi connectivity index (χ1v) is 7.24. The zero-order chi connectivity index (χ0) is 13.1. The Morgan fingerprint density at radius 1 is 1.26 bits per heavy atom. The summed E-state index contributed by atoms with van der Waals surface area (Å²) in [5.74, 6) is 1.53. The Morgan fingerprint density at radius 3 is 2.79 bits per heavy atom. The van der Waals surface area contributed by atoms with Crippen LogP contribution < -0.4 is 4.90 Å². The average Bonchev–Trinajstić information content (AvgIpc) is 3.02. The van der Waals surface area contributed by atoms with Crippen LogP contribution in [0.4, 0.5) is 5.82 Å². The van der Waals surface area contributed by atoms with Crippen LogP contribution in [0.25, 0.3) is 0 Å². The molecule has 2 fully saturated rings. The molecule has 104 valence electrons. The minimum absolute atomic E-state index is 0.457. The molecule has 1 aromatic rings. The van der Waals surface area contributed by atoms with Gasteiger partial charge < -0.3 is 14.5 Å². The van der Waals surface area contributed by atoms with E-state index in [1.165, 1.54) is 0 Å². The molecule has 1 atom stereocenters. The van der Waals surface area contributed by atoms with Gasteiger partial charge in [-0.25, -0.2) is 9.97 Å². The molecule has 1 unspecified atom stereocenters. The summed E-state index contributed by atoms with van der Waals surface area (Å²) in [6.45, 7) is 9.40. The highest BCUT2D eigenvalue weighted by Gasteiger charge is 2.22. The fourth-order valence-electron chi connectivity index (χ4n) is 2.82. The second-order valence-electron chi connectivity index (χ2n) is 5.28. The number of likely N-dealkylation sites (N-methyl/N-ethyl adjacent to an activating group) is 1. The number of hydrogen-bond acceptors (Lipinski definition) is 5. The van der Waals surface area contributed by atoms with E-state index in [2.05, 4.69) is 32.8 Å². The van der Waals surface area contributed by atoms with E-state index in [1.54, 1.807) is 6.33 Å². The van der Waals surface area contributed by atoms with Gasteiger partial charge in [0.2, 0.25) is 0 Å². The van der Waals surface area contributed by atoms with Crippen molar-refractivity contribution >= 4 is 5.82 Å². The highest BCUT2D eigenvalue weighted by atomic mass is 16.5. The van der Waals surface area contributed by atoms with E-state index >= 15 is 0 Å². The zero-order valence-electron chi connectivity index (χ0n) is 11.6. The second kappa shape index (κ2) is 5.84. The molecule has 2 aliphatic rings. The van der Waals surface area contributed by atoms with E-state index in [0.717, 1.165) is 63.9 Å². The lowest BCUT2D eigenvalue weighted by Crippen LogP contribution is -2.46.